The van der Waals surface area contributed by atoms with Crippen LogP contribution in [0.1, 0.15) is 48.8 Å². The Morgan fingerprint density at radius 3 is 2.17 bits per heavy atom. The number of esters is 1. The lowest BCUT2D eigenvalue weighted by atomic mass is 9.97. The number of fused-ring (bicyclic) bond motifs is 1. The first kappa shape index (κ1) is 24.6. The molecule has 0 radical (unpaired) electrons. The van der Waals surface area contributed by atoms with Crippen molar-refractivity contribution < 1.29 is 9.53 Å². The summed E-state index contributed by atoms with van der Waals surface area (Å²) in [7, 11) is 1.40. The van der Waals surface area contributed by atoms with Gasteiger partial charge >= 0.3 is 5.97 Å². The topological polar surface area (TPSA) is 65.8 Å². The minimum absolute atomic E-state index is 0.110. The zero-order chi connectivity index (χ0) is 25.3. The molecule has 35 heavy (non-hydrogen) atoms. The summed E-state index contributed by atoms with van der Waals surface area (Å²) in [6.45, 7) is 10.0. The van der Waals surface area contributed by atoms with Crippen LogP contribution in [0.15, 0.2) is 70.9 Å². The summed E-state index contributed by atoms with van der Waals surface area (Å²) in [6, 6.07) is 18.2. The van der Waals surface area contributed by atoms with Gasteiger partial charge in [-0.3, -0.25) is 20.1 Å². The molecule has 2 aromatic carbocycles. The number of anilines is 1. The first-order chi connectivity index (χ1) is 16.7. The molecular weight excluding hydrogens is 454 g/mol. The Morgan fingerprint density at radius 2 is 1.60 bits per heavy atom. The first-order valence-electron chi connectivity index (χ1n) is 11.7. The number of carbonyl (C=O) groups is 1. The normalized spacial score (nSPS) is 15.3. The van der Waals surface area contributed by atoms with Crippen LogP contribution in [0.2, 0.25) is 0 Å². The van der Waals surface area contributed by atoms with Gasteiger partial charge in [-0.25, -0.2) is 0 Å². The average molecular weight is 486 g/mol. The van der Waals surface area contributed by atoms with Crippen molar-refractivity contribution in [3.05, 3.63) is 87.4 Å². The second-order valence-electron chi connectivity index (χ2n) is 8.99. The van der Waals surface area contributed by atoms with Crippen molar-refractivity contribution in [3.8, 4) is 11.1 Å². The molecule has 0 saturated carbocycles. The van der Waals surface area contributed by atoms with Crippen LogP contribution < -0.4 is 4.90 Å². The molecule has 0 aliphatic carbocycles. The van der Waals surface area contributed by atoms with Gasteiger partial charge in [0.2, 0.25) is 0 Å². The van der Waals surface area contributed by atoms with E-state index in [0.717, 1.165) is 49.8 Å². The number of methoxy groups -OCH3 is 1. The minimum Gasteiger partial charge on any atom is -0.469 e. The van der Waals surface area contributed by atoms with Crippen LogP contribution in [0.3, 0.4) is 0 Å². The molecule has 0 saturated heterocycles. The molecule has 3 aromatic rings. The number of nitrogens with zero attached hydrogens (tertiary/aromatic N) is 2. The number of benzene rings is 2. The summed E-state index contributed by atoms with van der Waals surface area (Å²) in [5.74, 6) is 0.0754. The molecule has 0 spiro atoms. The number of aliphatic imine (C=N–C) groups is 1. The van der Waals surface area contributed by atoms with Gasteiger partial charge in [-0.2, -0.15) is 0 Å². The van der Waals surface area contributed by atoms with Crippen molar-refractivity contribution in [1.29, 1.82) is 5.41 Å². The summed E-state index contributed by atoms with van der Waals surface area (Å²) < 4.78 is 5.02. The van der Waals surface area contributed by atoms with Crippen LogP contribution >= 0.6 is 11.3 Å². The lowest BCUT2D eigenvalue weighted by molar-refractivity contribution is -0.140. The maximum absolute atomic E-state index is 12.4. The van der Waals surface area contributed by atoms with Crippen LogP contribution in [0, 0.1) is 19.3 Å². The molecule has 6 heteroatoms. The molecule has 2 heterocycles. The predicted molar refractivity (Wildman–Crippen MR) is 146 cm³/mol. The maximum Gasteiger partial charge on any atom is 0.308 e. The van der Waals surface area contributed by atoms with Crippen molar-refractivity contribution in [1.82, 2.24) is 0 Å². The fraction of sp³-hybridized carbons (Fsp3) is 0.276. The Labute approximate surface area is 211 Å². The van der Waals surface area contributed by atoms with E-state index >= 15 is 0 Å². The zero-order valence-corrected chi connectivity index (χ0v) is 21.9. The molecule has 4 rings (SSSR count). The largest absolute Gasteiger partial charge is 0.469 e. The van der Waals surface area contributed by atoms with Crippen LogP contribution in [0.5, 0.6) is 0 Å². The van der Waals surface area contributed by atoms with Gasteiger partial charge in [-0.15, -0.1) is 11.3 Å². The third-order valence-electron chi connectivity index (χ3n) is 6.35. The minimum atomic E-state index is -0.462. The number of hydrogen-bond donors (Lipinski definition) is 1. The number of amidine groups is 1. The Morgan fingerprint density at radius 1 is 1.00 bits per heavy atom. The molecule has 1 aliphatic rings. The summed E-state index contributed by atoms with van der Waals surface area (Å²) >= 11 is 1.67. The van der Waals surface area contributed by atoms with E-state index in [-0.39, 0.29) is 12.4 Å². The molecule has 0 fully saturated rings. The summed E-state index contributed by atoms with van der Waals surface area (Å²) in [5.41, 5.74) is 8.18. The van der Waals surface area contributed by atoms with Crippen LogP contribution in [-0.2, 0) is 9.53 Å². The van der Waals surface area contributed by atoms with Gasteiger partial charge in [0.25, 0.3) is 0 Å². The highest BCUT2D eigenvalue weighted by Crippen LogP contribution is 2.43. The smallest absolute Gasteiger partial charge is 0.308 e. The molecule has 180 valence electrons. The van der Waals surface area contributed by atoms with Crippen molar-refractivity contribution >= 4 is 33.9 Å². The fourth-order valence-corrected chi connectivity index (χ4v) is 5.75. The van der Waals surface area contributed by atoms with E-state index in [4.69, 9.17) is 15.1 Å². The summed E-state index contributed by atoms with van der Waals surface area (Å²) in [6.07, 6.45) is 0.110. The third kappa shape index (κ3) is 4.71. The lowest BCUT2D eigenvalue weighted by Crippen LogP contribution is -2.34. The van der Waals surface area contributed by atoms with Gasteiger partial charge in [0.1, 0.15) is 16.9 Å². The van der Waals surface area contributed by atoms with Gasteiger partial charge in [0.05, 0.1) is 19.2 Å². The van der Waals surface area contributed by atoms with Crippen molar-refractivity contribution in [2.45, 2.75) is 47.1 Å². The molecule has 1 atom stereocenters. The molecule has 5 nitrogen and oxygen atoms in total. The van der Waals surface area contributed by atoms with Gasteiger partial charge in [0.15, 0.2) is 0 Å². The monoisotopic (exact) mass is 485 g/mol. The quantitative estimate of drug-likeness (QED) is 0.248. The number of thiophene rings is 1. The Hall–Kier alpha value is -3.51. The fourth-order valence-electron chi connectivity index (χ4n) is 4.53. The molecule has 1 aliphatic heterocycles. The maximum atomic E-state index is 12.4. The second-order valence-corrected chi connectivity index (χ2v) is 10.2. The molecule has 0 amide bonds. The number of nitrogens with one attached hydrogen (secondary N) is 1. The van der Waals surface area contributed by atoms with Crippen LogP contribution in [0.4, 0.5) is 5.00 Å². The number of carbonyl (C=O) groups excluding carboxylic acids is 1. The number of rotatable bonds is 4. The predicted octanol–water partition coefficient (Wildman–Crippen LogP) is 6.91. The van der Waals surface area contributed by atoms with Crippen molar-refractivity contribution in [3.63, 3.8) is 0 Å². The standard InChI is InChI=1S/C29H31N3O2S/c1-17(2)28-24(16-25(33)34-6)31-27(26-18(3)19(4)35-29(26)32(28)20(5)30)23-14-12-22(13-15-23)21-10-8-7-9-11-21/h7-15,24,30H,16H2,1-6H3/t24-/m0/s1. The highest BCUT2D eigenvalue weighted by molar-refractivity contribution is 7.17. The SMILES string of the molecule is COC(=O)C[C@@H]1N=C(c2ccc(-c3ccccc3)cc2)c2c(sc(C)c2C)N(C(C)=N)C1=C(C)C. The molecule has 1 aromatic heterocycles. The highest BCUT2D eigenvalue weighted by Gasteiger charge is 2.35. The van der Waals surface area contributed by atoms with Crippen LogP contribution in [-0.4, -0.2) is 30.7 Å². The van der Waals surface area contributed by atoms with Crippen molar-refractivity contribution in [2.24, 2.45) is 4.99 Å². The molecular formula is C29H31N3O2S. The lowest BCUT2D eigenvalue weighted by Gasteiger charge is -2.29. The van der Waals surface area contributed by atoms with E-state index in [1.165, 1.54) is 12.0 Å². The van der Waals surface area contributed by atoms with E-state index in [0.29, 0.717) is 5.84 Å². The second kappa shape index (κ2) is 10.0. The molecule has 1 N–H and O–H groups in total. The summed E-state index contributed by atoms with van der Waals surface area (Å²) in [4.78, 5) is 20.8. The Bertz CT molecular complexity index is 1330. The van der Waals surface area contributed by atoms with E-state index in [1.54, 1.807) is 18.3 Å². The number of aryl methyl sites for hydroxylation is 1. The van der Waals surface area contributed by atoms with Gasteiger partial charge in [-0.1, -0.05) is 60.2 Å². The average Bonchev–Trinajstić information content (AvgIpc) is 3.04. The van der Waals surface area contributed by atoms with Crippen LogP contribution in [0.25, 0.3) is 11.1 Å². The van der Waals surface area contributed by atoms with E-state index in [2.05, 4.69) is 50.2 Å². The number of hydrogen-bond acceptors (Lipinski definition) is 5. The van der Waals surface area contributed by atoms with E-state index in [1.807, 2.05) is 36.9 Å². The first-order valence-corrected chi connectivity index (χ1v) is 12.5. The van der Waals surface area contributed by atoms with Crippen molar-refractivity contribution in [2.75, 3.05) is 12.0 Å². The van der Waals surface area contributed by atoms with Gasteiger partial charge < -0.3 is 4.74 Å². The van der Waals surface area contributed by atoms with E-state index in [9.17, 15) is 4.79 Å². The Kier molecular flexibility index (Phi) is 7.03. The summed E-state index contributed by atoms with van der Waals surface area (Å²) in [5, 5.41) is 9.64. The Balaban J connectivity index is 1.95. The van der Waals surface area contributed by atoms with E-state index < -0.39 is 6.04 Å². The third-order valence-corrected chi connectivity index (χ3v) is 7.54. The van der Waals surface area contributed by atoms with Gasteiger partial charge in [0, 0.05) is 21.7 Å². The van der Waals surface area contributed by atoms with Gasteiger partial charge in [-0.05, 0) is 51.3 Å². The zero-order valence-electron chi connectivity index (χ0n) is 21.1. The highest BCUT2D eigenvalue weighted by atomic mass is 32.1. The molecule has 0 bridgehead atoms. The number of ether oxygens (including phenoxy) is 1. The number of allylic oxidation sites excluding steroid dienone is 1. The molecule has 0 unspecified atom stereocenters.